The molecule has 0 bridgehead atoms. The number of carbonyl (C=O) groups excluding carboxylic acids is 2. The predicted octanol–water partition coefficient (Wildman–Crippen LogP) is 0.574. The van der Waals surface area contributed by atoms with Crippen LogP contribution in [0.5, 0.6) is 0 Å². The Labute approximate surface area is 116 Å². The van der Waals surface area contributed by atoms with Crippen molar-refractivity contribution in [1.82, 2.24) is 20.4 Å². The molecule has 2 aliphatic rings. The number of hydrogen-bond acceptors (Lipinski definition) is 5. The summed E-state index contributed by atoms with van der Waals surface area (Å²) < 4.78 is 5.13. The monoisotopic (exact) mass is 278 g/mol. The molecule has 0 aliphatic carbocycles. The Bertz CT molecular complexity index is 527. The van der Waals surface area contributed by atoms with Crippen LogP contribution in [0.1, 0.15) is 50.4 Å². The lowest BCUT2D eigenvalue weighted by Crippen LogP contribution is -2.44. The van der Waals surface area contributed by atoms with E-state index in [9.17, 15) is 9.59 Å². The maximum atomic E-state index is 12.5. The Morgan fingerprint density at radius 3 is 3.00 bits per heavy atom. The number of amides is 2. The lowest BCUT2D eigenvalue weighted by atomic mass is 10.1. The van der Waals surface area contributed by atoms with Crippen molar-refractivity contribution in [3.8, 4) is 0 Å². The minimum Gasteiger partial charge on any atom is -0.344 e. The van der Waals surface area contributed by atoms with Crippen molar-refractivity contribution in [1.29, 1.82) is 0 Å². The van der Waals surface area contributed by atoms with Crippen LogP contribution in [0.15, 0.2) is 4.52 Å². The highest BCUT2D eigenvalue weighted by Crippen LogP contribution is 2.31. The second-order valence-corrected chi connectivity index (χ2v) is 5.25. The lowest BCUT2D eigenvalue weighted by molar-refractivity contribution is -0.135. The van der Waals surface area contributed by atoms with Crippen LogP contribution in [0.4, 0.5) is 0 Å². The van der Waals surface area contributed by atoms with E-state index in [0.29, 0.717) is 37.5 Å². The number of hydrogen-bond donors (Lipinski definition) is 1. The molecule has 0 aromatic carbocycles. The molecule has 3 rings (SSSR count). The van der Waals surface area contributed by atoms with Crippen LogP contribution < -0.4 is 5.32 Å². The zero-order valence-corrected chi connectivity index (χ0v) is 11.5. The molecule has 7 heteroatoms. The Morgan fingerprint density at radius 2 is 2.35 bits per heavy atom. The molecule has 1 aromatic rings. The lowest BCUT2D eigenvalue weighted by Gasteiger charge is -2.25. The first-order chi connectivity index (χ1) is 9.69. The molecule has 20 heavy (non-hydrogen) atoms. The minimum atomic E-state index is -0.388. The van der Waals surface area contributed by atoms with E-state index >= 15 is 0 Å². The number of likely N-dealkylation sites (tertiary alicyclic amines) is 1. The highest BCUT2D eigenvalue weighted by molar-refractivity contribution is 5.91. The van der Waals surface area contributed by atoms with Gasteiger partial charge in [-0.3, -0.25) is 9.59 Å². The number of rotatable bonds is 3. The summed E-state index contributed by atoms with van der Waals surface area (Å²) in [6.45, 7) is 2.63. The zero-order chi connectivity index (χ0) is 14.1. The van der Waals surface area contributed by atoms with Gasteiger partial charge in [-0.05, 0) is 19.3 Å². The number of aryl methyl sites for hydroxylation is 1. The van der Waals surface area contributed by atoms with Crippen LogP contribution >= 0.6 is 0 Å². The summed E-state index contributed by atoms with van der Waals surface area (Å²) in [7, 11) is 0. The molecule has 108 valence electrons. The number of nitrogens with zero attached hydrogens (tertiary/aromatic N) is 3. The fraction of sp³-hybridized carbons (Fsp3) is 0.692. The average molecular weight is 278 g/mol. The minimum absolute atomic E-state index is 0.0267. The van der Waals surface area contributed by atoms with Gasteiger partial charge in [-0.1, -0.05) is 12.1 Å². The van der Waals surface area contributed by atoms with Gasteiger partial charge < -0.3 is 14.7 Å². The van der Waals surface area contributed by atoms with Crippen molar-refractivity contribution >= 4 is 11.8 Å². The second kappa shape index (κ2) is 5.22. The van der Waals surface area contributed by atoms with Crippen molar-refractivity contribution in [2.45, 2.75) is 51.1 Å². The van der Waals surface area contributed by atoms with Crippen molar-refractivity contribution in [2.24, 2.45) is 0 Å². The molecule has 0 spiro atoms. The molecule has 1 N–H and O–H groups in total. The number of nitrogens with one attached hydrogen (secondary N) is 1. The maximum Gasteiger partial charge on any atom is 0.245 e. The van der Waals surface area contributed by atoms with Gasteiger partial charge in [-0.15, -0.1) is 0 Å². The third kappa shape index (κ3) is 2.28. The molecule has 2 saturated heterocycles. The summed E-state index contributed by atoms with van der Waals surface area (Å²) in [6, 6.07) is -0.510. The summed E-state index contributed by atoms with van der Waals surface area (Å²) in [6.07, 6.45) is 3.46. The van der Waals surface area contributed by atoms with Crippen LogP contribution in [-0.4, -0.2) is 39.4 Å². The second-order valence-electron chi connectivity index (χ2n) is 5.25. The molecule has 2 aliphatic heterocycles. The normalized spacial score (nSPS) is 26.1. The molecule has 0 radical (unpaired) electrons. The fourth-order valence-corrected chi connectivity index (χ4v) is 2.85. The summed E-state index contributed by atoms with van der Waals surface area (Å²) >= 11 is 0. The first-order valence-corrected chi connectivity index (χ1v) is 7.11. The summed E-state index contributed by atoms with van der Waals surface area (Å²) in [5.74, 6) is 1.10. The zero-order valence-electron chi connectivity index (χ0n) is 11.5. The standard InChI is InChI=1S/C13H18N4O3/c1-2-11-15-12(16-20-11)9-4-3-7-17(9)13(19)8-5-6-10(18)14-8/h8-9H,2-7H2,1H3,(H,14,18)/t8-,9-/m0/s1. The van der Waals surface area contributed by atoms with E-state index in [-0.39, 0.29) is 23.9 Å². The van der Waals surface area contributed by atoms with E-state index in [4.69, 9.17) is 4.52 Å². The van der Waals surface area contributed by atoms with Crippen LogP contribution in [0.25, 0.3) is 0 Å². The molecular formula is C13H18N4O3. The SMILES string of the molecule is CCc1nc([C@@H]2CCCN2C(=O)[C@@H]2CCC(=O)N2)no1. The summed E-state index contributed by atoms with van der Waals surface area (Å²) in [5, 5.41) is 6.70. The first-order valence-electron chi connectivity index (χ1n) is 7.11. The Kier molecular flexibility index (Phi) is 3.42. The van der Waals surface area contributed by atoms with Crippen LogP contribution in [0.2, 0.25) is 0 Å². The van der Waals surface area contributed by atoms with E-state index in [0.717, 1.165) is 12.8 Å². The van der Waals surface area contributed by atoms with E-state index in [1.807, 2.05) is 6.92 Å². The smallest absolute Gasteiger partial charge is 0.245 e. The van der Waals surface area contributed by atoms with E-state index in [1.54, 1.807) is 4.90 Å². The van der Waals surface area contributed by atoms with E-state index in [2.05, 4.69) is 15.5 Å². The molecule has 2 fully saturated rings. The van der Waals surface area contributed by atoms with Crippen molar-refractivity contribution in [3.05, 3.63) is 11.7 Å². The van der Waals surface area contributed by atoms with Crippen molar-refractivity contribution in [3.63, 3.8) is 0 Å². The third-order valence-electron chi connectivity index (χ3n) is 3.91. The van der Waals surface area contributed by atoms with Gasteiger partial charge in [0.2, 0.25) is 17.7 Å². The highest BCUT2D eigenvalue weighted by atomic mass is 16.5. The Morgan fingerprint density at radius 1 is 1.50 bits per heavy atom. The summed E-state index contributed by atoms with van der Waals surface area (Å²) in [5.41, 5.74) is 0. The van der Waals surface area contributed by atoms with Crippen molar-refractivity contribution < 1.29 is 14.1 Å². The molecule has 2 atom stereocenters. The Balaban J connectivity index is 1.75. The summed E-state index contributed by atoms with van der Waals surface area (Å²) in [4.78, 5) is 29.8. The van der Waals surface area contributed by atoms with Gasteiger partial charge in [-0.25, -0.2) is 0 Å². The molecule has 1 aromatic heterocycles. The largest absolute Gasteiger partial charge is 0.344 e. The highest BCUT2D eigenvalue weighted by Gasteiger charge is 2.38. The number of aromatic nitrogens is 2. The van der Waals surface area contributed by atoms with Gasteiger partial charge in [-0.2, -0.15) is 4.98 Å². The third-order valence-corrected chi connectivity index (χ3v) is 3.91. The molecular weight excluding hydrogens is 260 g/mol. The van der Waals surface area contributed by atoms with Crippen LogP contribution in [0, 0.1) is 0 Å². The Hall–Kier alpha value is -1.92. The van der Waals surface area contributed by atoms with Crippen LogP contribution in [-0.2, 0) is 16.0 Å². The van der Waals surface area contributed by atoms with Gasteiger partial charge in [0.15, 0.2) is 5.82 Å². The predicted molar refractivity (Wildman–Crippen MR) is 68.5 cm³/mol. The van der Waals surface area contributed by atoms with Gasteiger partial charge in [0.25, 0.3) is 0 Å². The van der Waals surface area contributed by atoms with Gasteiger partial charge in [0.05, 0.1) is 6.04 Å². The quantitative estimate of drug-likeness (QED) is 0.873. The fourth-order valence-electron chi connectivity index (χ4n) is 2.85. The topological polar surface area (TPSA) is 88.3 Å². The van der Waals surface area contributed by atoms with Gasteiger partial charge in [0, 0.05) is 19.4 Å². The van der Waals surface area contributed by atoms with Gasteiger partial charge >= 0.3 is 0 Å². The average Bonchev–Trinajstić information content (AvgIpc) is 3.17. The van der Waals surface area contributed by atoms with Crippen LogP contribution in [0.3, 0.4) is 0 Å². The molecule has 7 nitrogen and oxygen atoms in total. The van der Waals surface area contributed by atoms with E-state index in [1.165, 1.54) is 0 Å². The van der Waals surface area contributed by atoms with Crippen molar-refractivity contribution in [2.75, 3.05) is 6.54 Å². The first kappa shape index (κ1) is 13.1. The number of carbonyl (C=O) groups is 2. The molecule has 0 unspecified atom stereocenters. The maximum absolute atomic E-state index is 12.5. The molecule has 2 amide bonds. The molecule has 3 heterocycles. The van der Waals surface area contributed by atoms with E-state index < -0.39 is 0 Å². The van der Waals surface area contributed by atoms with Gasteiger partial charge in [0.1, 0.15) is 6.04 Å². The molecule has 0 saturated carbocycles.